The largest absolute Gasteiger partial charge is 0.432 e. The van der Waals surface area contributed by atoms with Crippen LogP contribution < -0.4 is 5.32 Å². The molecule has 5 heterocycles. The summed E-state index contributed by atoms with van der Waals surface area (Å²) < 4.78 is 7.46. The molecule has 1 aromatic carbocycles. The van der Waals surface area contributed by atoms with Crippen molar-refractivity contribution < 1.29 is 4.42 Å². The number of hydrogen-bond acceptors (Lipinski definition) is 6. The summed E-state index contributed by atoms with van der Waals surface area (Å²) in [5.41, 5.74) is 3.20. The van der Waals surface area contributed by atoms with Crippen molar-refractivity contribution in [1.82, 2.24) is 24.3 Å². The average Bonchev–Trinajstić information content (AvgIpc) is 3.40. The number of aromatic nitrogens is 4. The number of imidazole rings is 1. The molecule has 0 radical (unpaired) electrons. The normalized spacial score (nSPS) is 23.5. The SMILES string of the molecule is CN1C2CCC1CC(Nc1nccc(-c3c(-c4ccccc4Cl)nc4occn34)n1)C2. The van der Waals surface area contributed by atoms with Crippen LogP contribution in [0.5, 0.6) is 0 Å². The number of anilines is 1. The summed E-state index contributed by atoms with van der Waals surface area (Å²) in [5, 5.41) is 4.23. The summed E-state index contributed by atoms with van der Waals surface area (Å²) in [5.74, 6) is 1.15. The molecule has 8 heteroatoms. The van der Waals surface area contributed by atoms with Crippen LogP contribution in [-0.4, -0.2) is 49.4 Å². The number of fused-ring (bicyclic) bond motifs is 3. The number of nitrogens with one attached hydrogen (secondary N) is 1. The number of hydrogen-bond donors (Lipinski definition) is 1. The van der Waals surface area contributed by atoms with Crippen LogP contribution in [0.4, 0.5) is 5.95 Å². The lowest BCUT2D eigenvalue weighted by molar-refractivity contribution is 0.168. The van der Waals surface area contributed by atoms with Gasteiger partial charge in [0.1, 0.15) is 17.7 Å². The van der Waals surface area contributed by atoms with E-state index in [9.17, 15) is 0 Å². The average molecular weight is 435 g/mol. The Balaban J connectivity index is 1.37. The second kappa shape index (κ2) is 7.35. The van der Waals surface area contributed by atoms with Crippen molar-refractivity contribution in [3.63, 3.8) is 0 Å². The molecule has 1 N–H and O–H groups in total. The quantitative estimate of drug-likeness (QED) is 0.500. The van der Waals surface area contributed by atoms with E-state index in [0.29, 0.717) is 34.9 Å². The predicted molar refractivity (Wildman–Crippen MR) is 120 cm³/mol. The highest BCUT2D eigenvalue weighted by Crippen LogP contribution is 2.37. The van der Waals surface area contributed by atoms with E-state index < -0.39 is 0 Å². The molecule has 0 aliphatic carbocycles. The van der Waals surface area contributed by atoms with Gasteiger partial charge >= 0.3 is 5.84 Å². The minimum absolute atomic E-state index is 0.395. The van der Waals surface area contributed by atoms with Gasteiger partial charge in [-0.2, -0.15) is 4.98 Å². The molecule has 31 heavy (non-hydrogen) atoms. The summed E-state index contributed by atoms with van der Waals surface area (Å²) in [7, 11) is 2.25. The summed E-state index contributed by atoms with van der Waals surface area (Å²) >= 11 is 6.49. The molecule has 6 rings (SSSR count). The molecule has 0 spiro atoms. The third-order valence-corrected chi connectivity index (χ3v) is 7.05. The monoisotopic (exact) mass is 434 g/mol. The van der Waals surface area contributed by atoms with Crippen LogP contribution >= 0.6 is 11.6 Å². The number of oxazole rings is 1. The van der Waals surface area contributed by atoms with Crippen LogP contribution in [0.3, 0.4) is 0 Å². The molecule has 4 aromatic rings. The number of benzene rings is 1. The Bertz CT molecular complexity index is 1240. The Morgan fingerprint density at radius 1 is 1.10 bits per heavy atom. The predicted octanol–water partition coefficient (Wildman–Crippen LogP) is 4.74. The molecule has 7 nitrogen and oxygen atoms in total. The molecule has 2 saturated heterocycles. The lowest BCUT2D eigenvalue weighted by Crippen LogP contribution is -2.44. The Labute approximate surface area is 185 Å². The second-order valence-electron chi connectivity index (χ2n) is 8.47. The molecule has 2 bridgehead atoms. The maximum absolute atomic E-state index is 6.49. The Hall–Kier alpha value is -2.90. The van der Waals surface area contributed by atoms with E-state index in [1.807, 2.05) is 40.9 Å². The molecular formula is C23H23ClN6O. The van der Waals surface area contributed by atoms with Crippen LogP contribution in [0.15, 0.2) is 53.4 Å². The number of halogens is 1. The first-order chi connectivity index (χ1) is 15.2. The van der Waals surface area contributed by atoms with Gasteiger partial charge in [-0.25, -0.2) is 9.97 Å². The Kier molecular flexibility index (Phi) is 4.47. The van der Waals surface area contributed by atoms with Crippen molar-refractivity contribution in [2.75, 3.05) is 12.4 Å². The summed E-state index contributed by atoms with van der Waals surface area (Å²) in [6.07, 6.45) is 10.1. The molecule has 2 aliphatic rings. The molecule has 2 atom stereocenters. The van der Waals surface area contributed by atoms with E-state index in [-0.39, 0.29) is 0 Å². The van der Waals surface area contributed by atoms with Gasteiger partial charge in [-0.3, -0.25) is 4.40 Å². The van der Waals surface area contributed by atoms with Crippen LogP contribution in [0.25, 0.3) is 28.5 Å². The van der Waals surface area contributed by atoms with E-state index in [1.165, 1.54) is 12.8 Å². The molecule has 0 amide bonds. The Morgan fingerprint density at radius 2 is 1.90 bits per heavy atom. The standard InChI is InChI=1S/C23H23ClN6O/c1-29-15-6-7-16(29)13-14(12-15)26-22-25-9-8-19(27-22)21-20(17-4-2-3-5-18(17)24)28-23-30(21)10-11-31-23/h2-5,8-11,14-16H,6-7,12-13H2,1H3,(H,25,26,27). The van der Waals surface area contributed by atoms with E-state index >= 15 is 0 Å². The van der Waals surface area contributed by atoms with Gasteiger partial charge in [0.2, 0.25) is 5.95 Å². The third kappa shape index (κ3) is 3.20. The van der Waals surface area contributed by atoms with Gasteiger partial charge < -0.3 is 14.6 Å². The molecule has 3 aromatic heterocycles. The molecular weight excluding hydrogens is 412 g/mol. The molecule has 2 aliphatic heterocycles. The number of piperidine rings is 1. The highest BCUT2D eigenvalue weighted by molar-refractivity contribution is 6.33. The minimum atomic E-state index is 0.395. The topological polar surface area (TPSA) is 71.5 Å². The zero-order valence-electron chi connectivity index (χ0n) is 17.2. The fourth-order valence-corrected chi connectivity index (χ4v) is 5.37. The van der Waals surface area contributed by atoms with Crippen molar-refractivity contribution in [2.45, 2.75) is 43.8 Å². The third-order valence-electron chi connectivity index (χ3n) is 6.72. The van der Waals surface area contributed by atoms with Gasteiger partial charge in [-0.15, -0.1) is 0 Å². The van der Waals surface area contributed by atoms with Crippen molar-refractivity contribution in [3.05, 3.63) is 54.0 Å². The molecule has 0 saturated carbocycles. The van der Waals surface area contributed by atoms with Crippen LogP contribution in [0, 0.1) is 0 Å². The number of rotatable bonds is 4. The van der Waals surface area contributed by atoms with Crippen molar-refractivity contribution in [2.24, 2.45) is 0 Å². The first-order valence-corrected chi connectivity index (χ1v) is 11.1. The fourth-order valence-electron chi connectivity index (χ4n) is 5.14. The summed E-state index contributed by atoms with van der Waals surface area (Å²) in [4.78, 5) is 16.6. The van der Waals surface area contributed by atoms with Crippen molar-refractivity contribution in [3.8, 4) is 22.6 Å². The van der Waals surface area contributed by atoms with Crippen LogP contribution in [-0.2, 0) is 0 Å². The summed E-state index contributed by atoms with van der Waals surface area (Å²) in [6, 6.07) is 11.3. The maximum atomic E-state index is 6.49. The lowest BCUT2D eigenvalue weighted by Gasteiger charge is -2.36. The van der Waals surface area contributed by atoms with Gasteiger partial charge in [-0.05, 0) is 44.9 Å². The maximum Gasteiger partial charge on any atom is 0.306 e. The smallest absolute Gasteiger partial charge is 0.306 e. The van der Waals surface area contributed by atoms with Gasteiger partial charge in [0.25, 0.3) is 0 Å². The highest BCUT2D eigenvalue weighted by Gasteiger charge is 2.38. The number of nitrogens with zero attached hydrogens (tertiary/aromatic N) is 5. The first-order valence-electron chi connectivity index (χ1n) is 10.7. The minimum Gasteiger partial charge on any atom is -0.432 e. The van der Waals surface area contributed by atoms with E-state index in [0.717, 1.165) is 35.5 Å². The van der Waals surface area contributed by atoms with E-state index in [4.69, 9.17) is 21.0 Å². The second-order valence-corrected chi connectivity index (χ2v) is 8.88. The van der Waals surface area contributed by atoms with Gasteiger partial charge in [-0.1, -0.05) is 29.8 Å². The van der Waals surface area contributed by atoms with E-state index in [2.05, 4.69) is 27.2 Å². The van der Waals surface area contributed by atoms with E-state index in [1.54, 1.807) is 12.5 Å². The molecule has 2 fully saturated rings. The van der Waals surface area contributed by atoms with Crippen molar-refractivity contribution in [1.29, 1.82) is 0 Å². The summed E-state index contributed by atoms with van der Waals surface area (Å²) in [6.45, 7) is 0. The van der Waals surface area contributed by atoms with Gasteiger partial charge in [0, 0.05) is 36.1 Å². The Morgan fingerprint density at radius 3 is 2.71 bits per heavy atom. The van der Waals surface area contributed by atoms with Crippen LogP contribution in [0.2, 0.25) is 5.02 Å². The fraction of sp³-hybridized carbons (Fsp3) is 0.348. The first kappa shape index (κ1) is 18.8. The zero-order chi connectivity index (χ0) is 20.9. The highest BCUT2D eigenvalue weighted by atomic mass is 35.5. The lowest BCUT2D eigenvalue weighted by atomic mass is 9.98. The van der Waals surface area contributed by atoms with Crippen LogP contribution in [0.1, 0.15) is 25.7 Å². The molecule has 2 unspecified atom stereocenters. The van der Waals surface area contributed by atoms with Gasteiger partial charge in [0.15, 0.2) is 0 Å². The van der Waals surface area contributed by atoms with Gasteiger partial charge in [0.05, 0.1) is 10.7 Å². The molecule has 158 valence electrons. The zero-order valence-corrected chi connectivity index (χ0v) is 18.0. The van der Waals surface area contributed by atoms with Crippen molar-refractivity contribution >= 4 is 23.4 Å².